The van der Waals surface area contributed by atoms with Gasteiger partial charge in [-0.25, -0.2) is 0 Å². The van der Waals surface area contributed by atoms with Crippen LogP contribution in [0.1, 0.15) is 20.8 Å². The van der Waals surface area contributed by atoms with E-state index in [0.29, 0.717) is 5.54 Å². The minimum atomic E-state index is -1.64. The number of hydrogen-bond donors (Lipinski definition) is 1. The number of benzene rings is 3. The second-order valence-corrected chi connectivity index (χ2v) is 13.2. The fourth-order valence-electron chi connectivity index (χ4n) is 4.43. The van der Waals surface area contributed by atoms with Gasteiger partial charge in [0, 0.05) is 11.1 Å². The van der Waals surface area contributed by atoms with E-state index in [9.17, 15) is 0 Å². The minimum absolute atomic E-state index is 0.149. The van der Waals surface area contributed by atoms with Crippen LogP contribution in [-0.2, 0) is 0 Å². The molecule has 0 spiro atoms. The zero-order valence-corrected chi connectivity index (χ0v) is 16.9. The van der Waals surface area contributed by atoms with E-state index in [-0.39, 0.29) is 5.54 Å². The lowest BCUT2D eigenvalue weighted by atomic mass is 9.99. The summed E-state index contributed by atoms with van der Waals surface area (Å²) in [5, 5.41) is 8.35. The van der Waals surface area contributed by atoms with Crippen LogP contribution in [0.15, 0.2) is 48.5 Å². The molecule has 0 radical (unpaired) electrons. The van der Waals surface area contributed by atoms with Gasteiger partial charge in [0.05, 0.1) is 0 Å². The molecule has 2 heteroatoms. The van der Waals surface area contributed by atoms with Crippen molar-refractivity contribution in [2.24, 2.45) is 0 Å². The summed E-state index contributed by atoms with van der Waals surface area (Å²) >= 11 is 0. The molecule has 0 unspecified atom stereocenters. The second-order valence-electron chi connectivity index (χ2n) is 8.87. The topological polar surface area (TPSA) is 12.0 Å². The monoisotopic (exact) mass is 345 g/mol. The van der Waals surface area contributed by atoms with Crippen molar-refractivity contribution in [1.82, 2.24) is 4.98 Å². The minimum Gasteiger partial charge on any atom is -0.332 e. The van der Waals surface area contributed by atoms with E-state index in [0.717, 1.165) is 0 Å². The summed E-state index contributed by atoms with van der Waals surface area (Å²) in [6.07, 6.45) is 5.05. The molecule has 1 N–H and O–H groups in total. The molecular formula is C23H27NSi. The average Bonchev–Trinajstić information content (AvgIpc) is 3.00. The van der Waals surface area contributed by atoms with E-state index in [4.69, 9.17) is 0 Å². The standard InChI is InChI=1S/C23H27NSi/c1-23(2,3)24-25(4,5)16-14-21-19-12-8-6-10-17(19)18-11-7-9-13-20(18)22(21)15-16/h6-16,24H,1-5H3. The summed E-state index contributed by atoms with van der Waals surface area (Å²) in [6, 6.07) is 17.7. The summed E-state index contributed by atoms with van der Waals surface area (Å²) in [6.45, 7) is 11.7. The first-order valence-corrected chi connectivity index (χ1v) is 12.3. The number of hydrogen-bond acceptors (Lipinski definition) is 1. The molecule has 0 bridgehead atoms. The van der Waals surface area contributed by atoms with Crippen LogP contribution in [-0.4, -0.2) is 13.8 Å². The van der Waals surface area contributed by atoms with Crippen molar-refractivity contribution >= 4 is 41.9 Å². The molecule has 0 saturated heterocycles. The van der Waals surface area contributed by atoms with Crippen molar-refractivity contribution in [3.63, 3.8) is 0 Å². The summed E-state index contributed by atoms with van der Waals surface area (Å²) in [5.41, 5.74) is 0.659. The molecule has 0 atom stereocenters. The molecule has 4 rings (SSSR count). The van der Waals surface area contributed by atoms with Gasteiger partial charge in [-0.15, -0.1) is 0 Å². The van der Waals surface area contributed by atoms with Crippen molar-refractivity contribution < 1.29 is 0 Å². The van der Waals surface area contributed by atoms with Crippen molar-refractivity contribution in [2.45, 2.75) is 44.9 Å². The molecule has 1 aliphatic rings. The fourth-order valence-corrected chi connectivity index (χ4v) is 7.70. The summed E-state index contributed by atoms with van der Waals surface area (Å²) in [7, 11) is -1.64. The predicted octanol–water partition coefficient (Wildman–Crippen LogP) is 4.53. The van der Waals surface area contributed by atoms with Gasteiger partial charge in [0.1, 0.15) is 8.24 Å². The number of rotatable bonds is 2. The largest absolute Gasteiger partial charge is 0.332 e. The Balaban J connectivity index is 2.01. The third-order valence-corrected chi connectivity index (χ3v) is 8.63. The van der Waals surface area contributed by atoms with Gasteiger partial charge in [0.15, 0.2) is 0 Å². The van der Waals surface area contributed by atoms with Crippen LogP contribution in [0.5, 0.6) is 0 Å². The maximum absolute atomic E-state index is 3.94. The Bertz CT molecular complexity index is 1010. The fraction of sp³-hybridized carbons (Fsp3) is 0.304. The van der Waals surface area contributed by atoms with Gasteiger partial charge in [-0.1, -0.05) is 73.8 Å². The van der Waals surface area contributed by atoms with Crippen LogP contribution in [0.4, 0.5) is 0 Å². The Hall–Kier alpha value is -1.90. The molecule has 0 heterocycles. The molecule has 0 aliphatic heterocycles. The van der Waals surface area contributed by atoms with Crippen LogP contribution in [0.3, 0.4) is 0 Å². The van der Waals surface area contributed by atoms with E-state index < -0.39 is 8.24 Å². The zero-order valence-electron chi connectivity index (χ0n) is 15.9. The molecule has 0 amide bonds. The van der Waals surface area contributed by atoms with E-state index in [1.54, 1.807) is 0 Å². The zero-order chi connectivity index (χ0) is 17.8. The number of fused-ring (bicyclic) bond motifs is 6. The first-order chi connectivity index (χ1) is 11.8. The van der Waals surface area contributed by atoms with Gasteiger partial charge >= 0.3 is 0 Å². The van der Waals surface area contributed by atoms with Crippen LogP contribution in [0.2, 0.25) is 18.6 Å². The first-order valence-electron chi connectivity index (χ1n) is 9.19. The first kappa shape index (κ1) is 16.6. The van der Waals surface area contributed by atoms with E-state index in [1.165, 1.54) is 32.0 Å². The Morgan fingerprint density at radius 1 is 0.720 bits per heavy atom. The van der Waals surface area contributed by atoms with Gasteiger partial charge in [-0.2, -0.15) is 0 Å². The van der Waals surface area contributed by atoms with Crippen molar-refractivity contribution in [3.05, 3.63) is 59.0 Å². The van der Waals surface area contributed by atoms with Crippen molar-refractivity contribution in [2.75, 3.05) is 0 Å². The third kappa shape index (κ3) is 2.84. The van der Waals surface area contributed by atoms with Crippen LogP contribution in [0, 0.1) is 0 Å². The highest BCUT2D eigenvalue weighted by molar-refractivity contribution is 6.79. The summed E-state index contributed by atoms with van der Waals surface area (Å²) in [5.74, 6) is 0. The molecular weight excluding hydrogens is 318 g/mol. The molecule has 128 valence electrons. The van der Waals surface area contributed by atoms with Crippen LogP contribution in [0.25, 0.3) is 33.7 Å². The Labute approximate surface area is 151 Å². The van der Waals surface area contributed by atoms with Gasteiger partial charge in [0.2, 0.25) is 0 Å². The van der Waals surface area contributed by atoms with Gasteiger partial charge in [-0.05, 0) is 52.8 Å². The summed E-state index contributed by atoms with van der Waals surface area (Å²) < 4.78 is 0. The molecule has 1 nitrogen and oxygen atoms in total. The maximum atomic E-state index is 3.94. The van der Waals surface area contributed by atoms with Crippen molar-refractivity contribution in [3.8, 4) is 0 Å². The quantitative estimate of drug-likeness (QED) is 0.531. The molecule has 0 fully saturated rings. The highest BCUT2D eigenvalue weighted by Gasteiger charge is 2.34. The predicted molar refractivity (Wildman–Crippen MR) is 114 cm³/mol. The van der Waals surface area contributed by atoms with Crippen LogP contribution >= 0.6 is 0 Å². The molecule has 1 aliphatic carbocycles. The molecule has 3 aromatic rings. The van der Waals surface area contributed by atoms with E-state index in [2.05, 4.69) is 99.5 Å². The third-order valence-electron chi connectivity index (χ3n) is 5.24. The highest BCUT2D eigenvalue weighted by atomic mass is 28.3. The van der Waals surface area contributed by atoms with Gasteiger partial charge in [-0.3, -0.25) is 0 Å². The Morgan fingerprint density at radius 2 is 1.12 bits per heavy atom. The lowest BCUT2D eigenvalue weighted by Crippen LogP contribution is -2.56. The second kappa shape index (κ2) is 5.55. The molecule has 0 saturated carbocycles. The maximum Gasteiger partial charge on any atom is 0.130 e. The smallest absolute Gasteiger partial charge is 0.130 e. The van der Waals surface area contributed by atoms with Gasteiger partial charge < -0.3 is 4.98 Å². The highest BCUT2D eigenvalue weighted by Crippen LogP contribution is 2.29. The normalized spacial score (nSPS) is 15.2. The van der Waals surface area contributed by atoms with Crippen molar-refractivity contribution in [1.29, 1.82) is 0 Å². The average molecular weight is 346 g/mol. The Kier molecular flexibility index (Phi) is 3.68. The molecule has 25 heavy (non-hydrogen) atoms. The lowest BCUT2D eigenvalue weighted by Gasteiger charge is -2.36. The SMILES string of the molecule is CC(C)(C)N[Si](C)(C)C1C=c2c(c3ccccc3c3ccccc23)=C1. The van der Waals surface area contributed by atoms with E-state index in [1.807, 2.05) is 0 Å². The van der Waals surface area contributed by atoms with E-state index >= 15 is 0 Å². The Morgan fingerprint density at radius 3 is 1.52 bits per heavy atom. The molecule has 0 aromatic heterocycles. The number of nitrogens with one attached hydrogen (secondary N) is 1. The van der Waals surface area contributed by atoms with Gasteiger partial charge in [0.25, 0.3) is 0 Å². The molecule has 3 aromatic carbocycles. The summed E-state index contributed by atoms with van der Waals surface area (Å²) in [4.78, 5) is 3.94. The van der Waals surface area contributed by atoms with Crippen LogP contribution < -0.4 is 15.4 Å². The lowest BCUT2D eigenvalue weighted by molar-refractivity contribution is 0.511.